The zero-order chi connectivity index (χ0) is 11.1. The molecule has 0 radical (unpaired) electrons. The summed E-state index contributed by atoms with van der Waals surface area (Å²) in [5, 5.41) is 19.2. The summed E-state index contributed by atoms with van der Waals surface area (Å²) < 4.78 is 5.61. The highest BCUT2D eigenvalue weighted by Gasteiger charge is 2.45. The van der Waals surface area contributed by atoms with Crippen molar-refractivity contribution < 1.29 is 14.9 Å². The van der Waals surface area contributed by atoms with Crippen LogP contribution in [0.1, 0.15) is 27.7 Å². The van der Waals surface area contributed by atoms with E-state index >= 15 is 0 Å². The Kier molecular flexibility index (Phi) is 3.21. The lowest BCUT2D eigenvalue weighted by molar-refractivity contribution is -0.196. The fourth-order valence-corrected chi connectivity index (χ4v) is 1.87. The van der Waals surface area contributed by atoms with Crippen LogP contribution in [0.4, 0.5) is 0 Å². The van der Waals surface area contributed by atoms with Crippen LogP contribution in [0.5, 0.6) is 0 Å². The summed E-state index contributed by atoms with van der Waals surface area (Å²) in [5.74, 6) is 0. The first-order valence-electron chi connectivity index (χ1n) is 5.02. The molecule has 1 aliphatic rings. The van der Waals surface area contributed by atoms with Crippen molar-refractivity contribution in [3.05, 3.63) is 0 Å². The molecule has 1 fully saturated rings. The lowest BCUT2D eigenvalue weighted by atomic mass is 9.79. The van der Waals surface area contributed by atoms with Gasteiger partial charge in [0.25, 0.3) is 0 Å². The normalized spacial score (nSPS) is 45.2. The van der Waals surface area contributed by atoms with Gasteiger partial charge in [-0.3, -0.25) is 0 Å². The van der Waals surface area contributed by atoms with Crippen LogP contribution in [0.15, 0.2) is 0 Å². The molecule has 1 aliphatic heterocycles. The molecule has 4 nitrogen and oxygen atoms in total. The average Bonchev–Trinajstić information content (AvgIpc) is 2.06. The maximum Gasteiger partial charge on any atom is 0.107 e. The van der Waals surface area contributed by atoms with E-state index in [4.69, 9.17) is 10.5 Å². The predicted octanol–water partition coefficient (Wildman–Crippen LogP) is -0.131. The van der Waals surface area contributed by atoms with E-state index in [0.717, 1.165) is 0 Å². The second kappa shape index (κ2) is 3.77. The number of aliphatic hydroxyl groups is 2. The van der Waals surface area contributed by atoms with Gasteiger partial charge in [0.05, 0.1) is 18.2 Å². The summed E-state index contributed by atoms with van der Waals surface area (Å²) >= 11 is 0. The third kappa shape index (κ3) is 2.08. The zero-order valence-corrected chi connectivity index (χ0v) is 9.27. The Labute approximate surface area is 85.1 Å². The van der Waals surface area contributed by atoms with Crippen LogP contribution in [0, 0.1) is 5.41 Å². The second-order valence-corrected chi connectivity index (χ2v) is 5.19. The van der Waals surface area contributed by atoms with Gasteiger partial charge >= 0.3 is 0 Å². The van der Waals surface area contributed by atoms with Gasteiger partial charge in [-0.25, -0.2) is 0 Å². The van der Waals surface area contributed by atoms with E-state index in [1.165, 1.54) is 0 Å². The Morgan fingerprint density at radius 1 is 1.14 bits per heavy atom. The molecule has 0 amide bonds. The molecule has 0 aliphatic carbocycles. The van der Waals surface area contributed by atoms with Gasteiger partial charge in [0, 0.05) is 0 Å². The lowest BCUT2D eigenvalue weighted by Crippen LogP contribution is -2.63. The van der Waals surface area contributed by atoms with Crippen LogP contribution in [0.2, 0.25) is 0 Å². The van der Waals surface area contributed by atoms with Crippen molar-refractivity contribution in [3.8, 4) is 0 Å². The van der Waals surface area contributed by atoms with Crippen LogP contribution in [-0.4, -0.2) is 40.7 Å². The molecule has 0 aromatic rings. The van der Waals surface area contributed by atoms with Gasteiger partial charge in [0.2, 0.25) is 0 Å². The molecule has 1 saturated heterocycles. The van der Waals surface area contributed by atoms with Gasteiger partial charge in [-0.1, -0.05) is 20.8 Å². The fraction of sp³-hybridized carbons (Fsp3) is 1.00. The maximum absolute atomic E-state index is 9.70. The fourth-order valence-electron chi connectivity index (χ4n) is 1.87. The van der Waals surface area contributed by atoms with E-state index in [-0.39, 0.29) is 17.6 Å². The standard InChI is InChI=1S/C10H21NO3/c1-5-7(12)8(13)6(11)9(14-5)10(2,3)4/h5-9,12-13H,11H2,1-4H3/t5-,6+,7-,8-,9+/m0/s1. The number of ether oxygens (including phenoxy) is 1. The molecule has 0 aromatic carbocycles. The van der Waals surface area contributed by atoms with Gasteiger partial charge in [0.1, 0.15) is 12.2 Å². The summed E-state index contributed by atoms with van der Waals surface area (Å²) in [6.07, 6.45) is -2.38. The molecule has 1 heterocycles. The van der Waals surface area contributed by atoms with E-state index in [9.17, 15) is 10.2 Å². The first-order valence-corrected chi connectivity index (χ1v) is 5.02. The minimum Gasteiger partial charge on any atom is -0.389 e. The van der Waals surface area contributed by atoms with Crippen molar-refractivity contribution in [1.82, 2.24) is 0 Å². The van der Waals surface area contributed by atoms with Crippen molar-refractivity contribution >= 4 is 0 Å². The number of aliphatic hydroxyl groups excluding tert-OH is 2. The molecular weight excluding hydrogens is 182 g/mol. The molecule has 4 heteroatoms. The quantitative estimate of drug-likeness (QED) is 0.512. The number of hydrogen-bond acceptors (Lipinski definition) is 4. The predicted molar refractivity (Wildman–Crippen MR) is 53.8 cm³/mol. The summed E-state index contributed by atoms with van der Waals surface area (Å²) in [6, 6.07) is -0.527. The first-order chi connectivity index (χ1) is 6.25. The third-order valence-corrected chi connectivity index (χ3v) is 2.79. The van der Waals surface area contributed by atoms with E-state index in [1.54, 1.807) is 6.92 Å². The van der Waals surface area contributed by atoms with Crippen molar-refractivity contribution in [2.24, 2.45) is 11.1 Å². The van der Waals surface area contributed by atoms with Gasteiger partial charge in [-0.2, -0.15) is 0 Å². The van der Waals surface area contributed by atoms with Crippen LogP contribution in [-0.2, 0) is 4.74 Å². The first kappa shape index (κ1) is 11.9. The Balaban J connectivity index is 2.81. The highest BCUT2D eigenvalue weighted by Crippen LogP contribution is 2.31. The molecule has 0 spiro atoms. The smallest absolute Gasteiger partial charge is 0.107 e. The van der Waals surface area contributed by atoms with E-state index in [2.05, 4.69) is 0 Å². The van der Waals surface area contributed by atoms with Crippen LogP contribution >= 0.6 is 0 Å². The minimum absolute atomic E-state index is 0.130. The summed E-state index contributed by atoms with van der Waals surface area (Å²) in [7, 11) is 0. The Hall–Kier alpha value is -0.160. The second-order valence-electron chi connectivity index (χ2n) is 5.19. The highest BCUT2D eigenvalue weighted by molar-refractivity contribution is 4.97. The van der Waals surface area contributed by atoms with Crippen LogP contribution in [0.3, 0.4) is 0 Å². The van der Waals surface area contributed by atoms with Crippen LogP contribution < -0.4 is 5.73 Å². The van der Waals surface area contributed by atoms with Crippen molar-refractivity contribution in [2.45, 2.75) is 58.2 Å². The summed E-state index contributed by atoms with van der Waals surface area (Å²) in [6.45, 7) is 7.77. The molecule has 84 valence electrons. The van der Waals surface area contributed by atoms with Gasteiger partial charge in [-0.15, -0.1) is 0 Å². The molecular formula is C10H21NO3. The van der Waals surface area contributed by atoms with Gasteiger partial charge < -0.3 is 20.7 Å². The Bertz CT molecular complexity index is 202. The van der Waals surface area contributed by atoms with E-state index < -0.39 is 18.2 Å². The van der Waals surface area contributed by atoms with Crippen molar-refractivity contribution in [2.75, 3.05) is 0 Å². The molecule has 4 N–H and O–H groups in total. The number of rotatable bonds is 0. The molecule has 0 saturated carbocycles. The van der Waals surface area contributed by atoms with Gasteiger partial charge in [0.15, 0.2) is 0 Å². The lowest BCUT2D eigenvalue weighted by Gasteiger charge is -2.45. The monoisotopic (exact) mass is 203 g/mol. The Morgan fingerprint density at radius 3 is 2.07 bits per heavy atom. The molecule has 1 rings (SSSR count). The topological polar surface area (TPSA) is 75.7 Å². The van der Waals surface area contributed by atoms with E-state index in [0.29, 0.717) is 0 Å². The molecule has 0 aromatic heterocycles. The van der Waals surface area contributed by atoms with Crippen molar-refractivity contribution in [1.29, 1.82) is 0 Å². The van der Waals surface area contributed by atoms with Crippen LogP contribution in [0.25, 0.3) is 0 Å². The van der Waals surface area contributed by atoms with Gasteiger partial charge in [-0.05, 0) is 12.3 Å². The highest BCUT2D eigenvalue weighted by atomic mass is 16.5. The number of nitrogens with two attached hydrogens (primary N) is 1. The zero-order valence-electron chi connectivity index (χ0n) is 9.27. The number of hydrogen-bond donors (Lipinski definition) is 3. The molecule has 5 atom stereocenters. The maximum atomic E-state index is 9.70. The van der Waals surface area contributed by atoms with Crippen molar-refractivity contribution in [3.63, 3.8) is 0 Å². The molecule has 0 unspecified atom stereocenters. The SMILES string of the molecule is C[C@@H]1O[C@@H](C(C)(C)C)[C@H](N)[C@H](O)[C@H]1O. The van der Waals surface area contributed by atoms with E-state index in [1.807, 2.05) is 20.8 Å². The Morgan fingerprint density at radius 2 is 1.64 bits per heavy atom. The molecule has 0 bridgehead atoms. The summed E-state index contributed by atoms with van der Waals surface area (Å²) in [5.41, 5.74) is 5.70. The third-order valence-electron chi connectivity index (χ3n) is 2.79. The summed E-state index contributed by atoms with van der Waals surface area (Å²) in [4.78, 5) is 0. The molecule has 14 heavy (non-hydrogen) atoms. The largest absolute Gasteiger partial charge is 0.389 e. The average molecular weight is 203 g/mol. The minimum atomic E-state index is -0.900.